The minimum Gasteiger partial charge on any atom is -0.272 e. The Morgan fingerprint density at radius 3 is 3.00 bits per heavy atom. The van der Waals surface area contributed by atoms with Crippen LogP contribution >= 0.6 is 0 Å². The number of aromatic nitrogens is 3. The van der Waals surface area contributed by atoms with E-state index in [0.29, 0.717) is 0 Å². The van der Waals surface area contributed by atoms with Gasteiger partial charge >= 0.3 is 0 Å². The van der Waals surface area contributed by atoms with Crippen molar-refractivity contribution >= 4 is 10.9 Å². The molecule has 0 N–H and O–H groups in total. The van der Waals surface area contributed by atoms with Crippen molar-refractivity contribution in [3.05, 3.63) is 24.2 Å². The van der Waals surface area contributed by atoms with E-state index in [4.69, 9.17) is 0 Å². The van der Waals surface area contributed by atoms with Crippen molar-refractivity contribution in [1.29, 1.82) is 0 Å². The summed E-state index contributed by atoms with van der Waals surface area (Å²) in [6.45, 7) is 2.04. The molecule has 56 valence electrons. The molecule has 2 aromatic heterocycles. The zero-order valence-corrected chi connectivity index (χ0v) is 6.57. The molecule has 0 aromatic carbocycles. The van der Waals surface area contributed by atoms with Crippen LogP contribution in [0.3, 0.4) is 0 Å². The first-order valence-corrected chi connectivity index (χ1v) is 3.52. The SMILES string of the molecule is Cc1c2cnccc2nn1C. The van der Waals surface area contributed by atoms with E-state index in [0.717, 1.165) is 16.6 Å². The van der Waals surface area contributed by atoms with Crippen molar-refractivity contribution in [3.8, 4) is 0 Å². The first-order valence-electron chi connectivity index (χ1n) is 3.52. The van der Waals surface area contributed by atoms with Crippen LogP contribution in [0.15, 0.2) is 18.5 Å². The number of rotatable bonds is 0. The third-order valence-electron chi connectivity index (χ3n) is 1.93. The fraction of sp³-hybridized carbons (Fsp3) is 0.250. The predicted molar refractivity (Wildman–Crippen MR) is 43.2 cm³/mol. The smallest absolute Gasteiger partial charge is 0.0956 e. The van der Waals surface area contributed by atoms with Crippen LogP contribution in [-0.4, -0.2) is 14.8 Å². The number of hydrogen-bond donors (Lipinski definition) is 0. The molecule has 0 saturated carbocycles. The van der Waals surface area contributed by atoms with Crippen LogP contribution in [0.4, 0.5) is 0 Å². The Morgan fingerprint density at radius 1 is 1.45 bits per heavy atom. The third-order valence-corrected chi connectivity index (χ3v) is 1.93. The minimum absolute atomic E-state index is 1.01. The molecular formula is C8H9N3. The van der Waals surface area contributed by atoms with Crippen LogP contribution in [0.2, 0.25) is 0 Å². The summed E-state index contributed by atoms with van der Waals surface area (Å²) in [5, 5.41) is 5.42. The fourth-order valence-corrected chi connectivity index (χ4v) is 1.16. The van der Waals surface area contributed by atoms with Gasteiger partial charge in [-0.1, -0.05) is 0 Å². The largest absolute Gasteiger partial charge is 0.272 e. The molecule has 0 atom stereocenters. The molecule has 3 heteroatoms. The second-order valence-corrected chi connectivity index (χ2v) is 2.60. The van der Waals surface area contributed by atoms with Crippen molar-refractivity contribution in [2.45, 2.75) is 6.92 Å². The van der Waals surface area contributed by atoms with E-state index in [-0.39, 0.29) is 0 Å². The first-order chi connectivity index (χ1) is 5.29. The monoisotopic (exact) mass is 147 g/mol. The average Bonchev–Trinajstić information content (AvgIpc) is 2.30. The number of pyridine rings is 1. The summed E-state index contributed by atoms with van der Waals surface area (Å²) in [5.74, 6) is 0. The predicted octanol–water partition coefficient (Wildman–Crippen LogP) is 1.28. The van der Waals surface area contributed by atoms with Gasteiger partial charge in [-0.05, 0) is 13.0 Å². The van der Waals surface area contributed by atoms with Gasteiger partial charge in [-0.2, -0.15) is 5.10 Å². The molecule has 2 aromatic rings. The molecule has 0 aliphatic rings. The molecule has 0 aliphatic carbocycles. The van der Waals surface area contributed by atoms with E-state index in [1.165, 1.54) is 0 Å². The van der Waals surface area contributed by atoms with Crippen molar-refractivity contribution in [3.63, 3.8) is 0 Å². The lowest BCUT2D eigenvalue weighted by Crippen LogP contribution is -1.91. The van der Waals surface area contributed by atoms with Crippen molar-refractivity contribution in [1.82, 2.24) is 14.8 Å². The van der Waals surface area contributed by atoms with Gasteiger partial charge in [0.1, 0.15) is 0 Å². The summed E-state index contributed by atoms with van der Waals surface area (Å²) < 4.78 is 1.87. The van der Waals surface area contributed by atoms with Crippen LogP contribution in [0.5, 0.6) is 0 Å². The Labute approximate surface area is 64.7 Å². The van der Waals surface area contributed by atoms with E-state index in [1.807, 2.05) is 30.9 Å². The molecule has 0 bridgehead atoms. The molecule has 2 heterocycles. The van der Waals surface area contributed by atoms with Gasteiger partial charge < -0.3 is 0 Å². The number of hydrogen-bond acceptors (Lipinski definition) is 2. The maximum absolute atomic E-state index is 4.29. The lowest BCUT2D eigenvalue weighted by atomic mass is 10.3. The molecule has 2 rings (SSSR count). The zero-order chi connectivity index (χ0) is 7.84. The van der Waals surface area contributed by atoms with Crippen molar-refractivity contribution < 1.29 is 0 Å². The maximum atomic E-state index is 4.29. The molecule has 0 unspecified atom stereocenters. The normalized spacial score (nSPS) is 10.7. The third kappa shape index (κ3) is 0.808. The van der Waals surface area contributed by atoms with Crippen molar-refractivity contribution in [2.75, 3.05) is 0 Å². The van der Waals surface area contributed by atoms with Gasteiger partial charge in [0.2, 0.25) is 0 Å². The summed E-state index contributed by atoms with van der Waals surface area (Å²) in [7, 11) is 1.94. The quantitative estimate of drug-likeness (QED) is 0.562. The Kier molecular flexibility index (Phi) is 1.18. The Bertz CT molecular complexity index is 389. The summed E-state index contributed by atoms with van der Waals surface area (Å²) in [6.07, 6.45) is 3.60. The highest BCUT2D eigenvalue weighted by Crippen LogP contribution is 2.13. The lowest BCUT2D eigenvalue weighted by Gasteiger charge is -1.89. The van der Waals surface area contributed by atoms with Crippen molar-refractivity contribution in [2.24, 2.45) is 7.05 Å². The second-order valence-electron chi connectivity index (χ2n) is 2.60. The number of fused-ring (bicyclic) bond motifs is 1. The maximum Gasteiger partial charge on any atom is 0.0956 e. The van der Waals surface area contributed by atoms with Gasteiger partial charge in [0, 0.05) is 30.5 Å². The second kappa shape index (κ2) is 2.05. The van der Waals surface area contributed by atoms with Crippen LogP contribution in [0, 0.1) is 6.92 Å². The molecule has 0 amide bonds. The highest BCUT2D eigenvalue weighted by Gasteiger charge is 2.01. The highest BCUT2D eigenvalue weighted by molar-refractivity contribution is 5.79. The number of aryl methyl sites for hydroxylation is 2. The van der Waals surface area contributed by atoms with E-state index in [2.05, 4.69) is 10.1 Å². The van der Waals surface area contributed by atoms with Crippen LogP contribution in [-0.2, 0) is 7.05 Å². The molecule has 0 spiro atoms. The highest BCUT2D eigenvalue weighted by atomic mass is 15.3. The molecule has 11 heavy (non-hydrogen) atoms. The van der Waals surface area contributed by atoms with E-state index < -0.39 is 0 Å². The Balaban J connectivity index is 2.92. The summed E-state index contributed by atoms with van der Waals surface area (Å²) in [5.41, 5.74) is 2.17. The Hall–Kier alpha value is -1.38. The summed E-state index contributed by atoms with van der Waals surface area (Å²) >= 11 is 0. The molecule has 0 saturated heterocycles. The van der Waals surface area contributed by atoms with Gasteiger partial charge in [-0.15, -0.1) is 0 Å². The molecule has 0 fully saturated rings. The van der Waals surface area contributed by atoms with Gasteiger partial charge in [-0.3, -0.25) is 9.67 Å². The van der Waals surface area contributed by atoms with Crippen LogP contribution in [0.1, 0.15) is 5.69 Å². The summed E-state index contributed by atoms with van der Waals surface area (Å²) in [4.78, 5) is 4.03. The fourth-order valence-electron chi connectivity index (χ4n) is 1.16. The molecule has 0 radical (unpaired) electrons. The van der Waals surface area contributed by atoms with E-state index >= 15 is 0 Å². The van der Waals surface area contributed by atoms with Gasteiger partial charge in [0.05, 0.1) is 5.52 Å². The van der Waals surface area contributed by atoms with E-state index in [9.17, 15) is 0 Å². The van der Waals surface area contributed by atoms with Gasteiger partial charge in [0.25, 0.3) is 0 Å². The zero-order valence-electron chi connectivity index (χ0n) is 6.57. The van der Waals surface area contributed by atoms with E-state index in [1.54, 1.807) is 6.20 Å². The molecular weight excluding hydrogens is 138 g/mol. The molecule has 0 aliphatic heterocycles. The standard InChI is InChI=1S/C8H9N3/c1-6-7-5-9-4-3-8(7)10-11(6)2/h3-5H,1-2H3. The first kappa shape index (κ1) is 6.34. The minimum atomic E-state index is 1.01. The van der Waals surface area contributed by atoms with Crippen LogP contribution in [0.25, 0.3) is 10.9 Å². The lowest BCUT2D eigenvalue weighted by molar-refractivity contribution is 0.751. The molecule has 3 nitrogen and oxygen atoms in total. The van der Waals surface area contributed by atoms with Crippen LogP contribution < -0.4 is 0 Å². The van der Waals surface area contributed by atoms with Gasteiger partial charge in [-0.25, -0.2) is 0 Å². The Morgan fingerprint density at radius 2 is 2.27 bits per heavy atom. The van der Waals surface area contributed by atoms with Gasteiger partial charge in [0.15, 0.2) is 0 Å². The topological polar surface area (TPSA) is 30.7 Å². The average molecular weight is 147 g/mol. The summed E-state index contributed by atoms with van der Waals surface area (Å²) in [6, 6.07) is 1.92. The number of nitrogens with zero attached hydrogens (tertiary/aromatic N) is 3.